The molecule has 0 saturated heterocycles. The normalized spacial score (nSPS) is 14.8. The van der Waals surface area contributed by atoms with Crippen LogP contribution in [0, 0.1) is 0 Å². The average Bonchev–Trinajstić information content (AvgIpc) is 2.99. The molecule has 0 saturated carbocycles. The van der Waals surface area contributed by atoms with E-state index < -0.39 is 20.0 Å². The molecule has 46 heavy (non-hydrogen) atoms. The lowest BCUT2D eigenvalue weighted by molar-refractivity contribution is -0.870. The summed E-state index contributed by atoms with van der Waals surface area (Å²) in [6, 6.07) is -0.799. The van der Waals surface area contributed by atoms with E-state index in [1.165, 1.54) is 83.5 Å². The molecule has 0 heterocycles. The molecular formula is C37H75N2O6P. The summed E-state index contributed by atoms with van der Waals surface area (Å²) in [5.74, 6) is -0.181. The Labute approximate surface area is 284 Å². The number of rotatable bonds is 34. The SMILES string of the molecule is CCCC/C=C\CCCCCCC(=O)NC(COP(=O)([O-])OCC[N+](C)(C)C)C(O)CCCCCCCCCCCCCCCC. The Kier molecular flexibility index (Phi) is 29.8. The van der Waals surface area contributed by atoms with Crippen LogP contribution in [0.1, 0.15) is 168 Å². The van der Waals surface area contributed by atoms with E-state index in [0.29, 0.717) is 23.9 Å². The van der Waals surface area contributed by atoms with Crippen molar-refractivity contribution in [3.05, 3.63) is 12.2 Å². The zero-order valence-electron chi connectivity index (χ0n) is 30.8. The van der Waals surface area contributed by atoms with Crippen molar-refractivity contribution in [2.45, 2.75) is 180 Å². The number of carbonyl (C=O) groups excluding carboxylic acids is 1. The number of unbranched alkanes of at least 4 members (excludes halogenated alkanes) is 19. The highest BCUT2D eigenvalue weighted by Crippen LogP contribution is 2.38. The highest BCUT2D eigenvalue weighted by atomic mass is 31.2. The number of likely N-dealkylation sites (N-methyl/N-ethyl adjacent to an activating group) is 1. The molecule has 1 amide bonds. The molecule has 0 aliphatic carbocycles. The second-order valence-corrected chi connectivity index (χ2v) is 15.7. The number of hydrogen-bond acceptors (Lipinski definition) is 6. The minimum Gasteiger partial charge on any atom is -0.756 e. The van der Waals surface area contributed by atoms with Gasteiger partial charge in [-0.05, 0) is 32.1 Å². The number of carbonyl (C=O) groups is 1. The van der Waals surface area contributed by atoms with E-state index in [1.54, 1.807) is 0 Å². The zero-order valence-corrected chi connectivity index (χ0v) is 31.7. The van der Waals surface area contributed by atoms with Crippen molar-refractivity contribution in [3.8, 4) is 0 Å². The van der Waals surface area contributed by atoms with Crippen LogP contribution in [0.4, 0.5) is 0 Å². The predicted molar refractivity (Wildman–Crippen MR) is 192 cm³/mol. The number of nitrogens with one attached hydrogen (secondary N) is 1. The van der Waals surface area contributed by atoms with Crippen molar-refractivity contribution in [2.75, 3.05) is 40.9 Å². The Balaban J connectivity index is 4.47. The summed E-state index contributed by atoms with van der Waals surface area (Å²) in [4.78, 5) is 25.1. The van der Waals surface area contributed by atoms with Gasteiger partial charge in [-0.25, -0.2) is 0 Å². The average molecular weight is 675 g/mol. The highest BCUT2D eigenvalue weighted by molar-refractivity contribution is 7.45. The monoisotopic (exact) mass is 675 g/mol. The van der Waals surface area contributed by atoms with Gasteiger partial charge in [0.2, 0.25) is 5.91 Å². The minimum atomic E-state index is -4.55. The lowest BCUT2D eigenvalue weighted by Gasteiger charge is -2.30. The second-order valence-electron chi connectivity index (χ2n) is 14.3. The largest absolute Gasteiger partial charge is 0.756 e. The molecule has 3 unspecified atom stereocenters. The quantitative estimate of drug-likeness (QED) is 0.0305. The summed E-state index contributed by atoms with van der Waals surface area (Å²) in [7, 11) is 1.30. The van der Waals surface area contributed by atoms with Gasteiger partial charge >= 0.3 is 0 Å². The number of amides is 1. The molecule has 0 fully saturated rings. The van der Waals surface area contributed by atoms with Crippen LogP contribution in [-0.4, -0.2) is 68.5 Å². The van der Waals surface area contributed by atoms with Gasteiger partial charge in [-0.1, -0.05) is 142 Å². The Morgan fingerprint density at radius 1 is 0.739 bits per heavy atom. The van der Waals surface area contributed by atoms with E-state index in [4.69, 9.17) is 9.05 Å². The molecule has 0 rings (SSSR count). The summed E-state index contributed by atoms with van der Waals surface area (Å²) in [6.45, 7) is 4.64. The van der Waals surface area contributed by atoms with E-state index in [9.17, 15) is 19.4 Å². The van der Waals surface area contributed by atoms with Crippen molar-refractivity contribution in [1.82, 2.24) is 5.32 Å². The summed E-state index contributed by atoms with van der Waals surface area (Å²) in [5.41, 5.74) is 0. The first kappa shape index (κ1) is 45.2. The van der Waals surface area contributed by atoms with Crippen molar-refractivity contribution >= 4 is 13.7 Å². The smallest absolute Gasteiger partial charge is 0.268 e. The molecule has 0 aliphatic rings. The molecule has 0 radical (unpaired) electrons. The third kappa shape index (κ3) is 31.8. The molecule has 0 spiro atoms. The molecule has 0 aromatic carbocycles. The standard InChI is InChI=1S/C37H75N2O6P/c1-6-8-10-12-14-16-18-19-20-21-22-24-26-28-30-36(40)35(34-45-46(42,43)44-33-32-39(3,4)5)38-37(41)31-29-27-25-23-17-15-13-11-9-7-2/h13,15,35-36,40H,6-12,14,16-34H2,1-5H3,(H-,38,41,42,43)/b15-13-. The lowest BCUT2D eigenvalue weighted by Crippen LogP contribution is -2.46. The van der Waals surface area contributed by atoms with E-state index in [0.717, 1.165) is 57.8 Å². The summed E-state index contributed by atoms with van der Waals surface area (Å²) < 4.78 is 23.1. The van der Waals surface area contributed by atoms with Gasteiger partial charge in [0.1, 0.15) is 13.2 Å². The molecule has 0 aromatic rings. The molecule has 8 nitrogen and oxygen atoms in total. The van der Waals surface area contributed by atoms with Crippen molar-refractivity contribution in [2.24, 2.45) is 0 Å². The first-order valence-electron chi connectivity index (χ1n) is 19.0. The third-order valence-corrected chi connectivity index (χ3v) is 9.47. The van der Waals surface area contributed by atoms with Gasteiger partial charge in [0.15, 0.2) is 0 Å². The first-order chi connectivity index (χ1) is 22.0. The van der Waals surface area contributed by atoms with E-state index >= 15 is 0 Å². The van der Waals surface area contributed by atoms with Crippen LogP contribution in [0.5, 0.6) is 0 Å². The fraction of sp³-hybridized carbons (Fsp3) is 0.919. The maximum Gasteiger partial charge on any atom is 0.268 e. The van der Waals surface area contributed by atoms with Crippen LogP contribution in [0.2, 0.25) is 0 Å². The third-order valence-electron chi connectivity index (χ3n) is 8.50. The van der Waals surface area contributed by atoms with E-state index in [1.807, 2.05) is 21.1 Å². The molecule has 3 atom stereocenters. The van der Waals surface area contributed by atoms with Gasteiger partial charge in [-0.15, -0.1) is 0 Å². The van der Waals surface area contributed by atoms with Crippen molar-refractivity contribution < 1.29 is 32.9 Å². The topological polar surface area (TPSA) is 108 Å². The molecule has 0 aromatic heterocycles. The lowest BCUT2D eigenvalue weighted by atomic mass is 10.0. The van der Waals surface area contributed by atoms with Crippen LogP contribution < -0.4 is 10.2 Å². The Hall–Kier alpha value is -0.760. The highest BCUT2D eigenvalue weighted by Gasteiger charge is 2.24. The Bertz CT molecular complexity index is 773. The number of aliphatic hydroxyl groups excluding tert-OH is 1. The van der Waals surface area contributed by atoms with Gasteiger partial charge in [-0.3, -0.25) is 9.36 Å². The number of phosphoric ester groups is 1. The molecule has 9 heteroatoms. The van der Waals surface area contributed by atoms with Crippen LogP contribution in [0.3, 0.4) is 0 Å². The number of phosphoric acid groups is 1. The van der Waals surface area contributed by atoms with Crippen LogP contribution >= 0.6 is 7.82 Å². The number of nitrogens with zero attached hydrogens (tertiary/aromatic N) is 1. The first-order valence-corrected chi connectivity index (χ1v) is 20.5. The van der Waals surface area contributed by atoms with Gasteiger partial charge in [0.25, 0.3) is 7.82 Å². The van der Waals surface area contributed by atoms with Crippen LogP contribution in [0.15, 0.2) is 12.2 Å². The van der Waals surface area contributed by atoms with Gasteiger partial charge in [0, 0.05) is 6.42 Å². The molecule has 0 bridgehead atoms. The maximum atomic E-state index is 12.7. The Morgan fingerprint density at radius 3 is 1.76 bits per heavy atom. The maximum absolute atomic E-state index is 12.7. The second kappa shape index (κ2) is 30.3. The molecule has 274 valence electrons. The predicted octanol–water partition coefficient (Wildman–Crippen LogP) is 9.00. The van der Waals surface area contributed by atoms with E-state index in [2.05, 4.69) is 31.3 Å². The number of allylic oxidation sites excluding steroid dienone is 2. The number of aliphatic hydroxyl groups is 1. The van der Waals surface area contributed by atoms with Gasteiger partial charge in [-0.2, -0.15) is 0 Å². The van der Waals surface area contributed by atoms with E-state index in [-0.39, 0.29) is 19.1 Å². The zero-order chi connectivity index (χ0) is 34.4. The summed E-state index contributed by atoms with van der Waals surface area (Å²) in [5, 5.41) is 13.8. The number of quaternary nitrogens is 1. The van der Waals surface area contributed by atoms with Gasteiger partial charge < -0.3 is 28.8 Å². The summed E-state index contributed by atoms with van der Waals surface area (Å²) in [6.07, 6.45) is 30.7. The minimum absolute atomic E-state index is 0.0113. The summed E-state index contributed by atoms with van der Waals surface area (Å²) >= 11 is 0. The van der Waals surface area contributed by atoms with Crippen molar-refractivity contribution in [3.63, 3.8) is 0 Å². The molecule has 2 N–H and O–H groups in total. The van der Waals surface area contributed by atoms with Crippen molar-refractivity contribution in [1.29, 1.82) is 0 Å². The molecular weight excluding hydrogens is 599 g/mol. The van der Waals surface area contributed by atoms with Crippen LogP contribution in [0.25, 0.3) is 0 Å². The fourth-order valence-electron chi connectivity index (χ4n) is 5.37. The van der Waals surface area contributed by atoms with Crippen LogP contribution in [-0.2, 0) is 18.4 Å². The Morgan fingerprint density at radius 2 is 1.22 bits per heavy atom. The fourth-order valence-corrected chi connectivity index (χ4v) is 6.09. The van der Waals surface area contributed by atoms with Gasteiger partial charge in [0.05, 0.1) is 39.9 Å². The molecule has 0 aliphatic heterocycles. The number of hydrogen-bond donors (Lipinski definition) is 2.